The van der Waals surface area contributed by atoms with E-state index in [0.717, 1.165) is 42.0 Å². The van der Waals surface area contributed by atoms with Gasteiger partial charge in [0.15, 0.2) is 0 Å². The van der Waals surface area contributed by atoms with Crippen molar-refractivity contribution in [2.45, 2.75) is 12.8 Å². The van der Waals surface area contributed by atoms with Crippen molar-refractivity contribution < 1.29 is 0 Å². The summed E-state index contributed by atoms with van der Waals surface area (Å²) in [6, 6.07) is 0. The quantitative estimate of drug-likeness (QED) is 0.294. The number of hydrogen-bond donors (Lipinski definition) is 0. The summed E-state index contributed by atoms with van der Waals surface area (Å²) in [6.45, 7) is 0. The SMILES string of the molecule is Clc1c(Br)sc2c(C3=CCCS3)c3c(Cl)c(Br)sc3c(C3=CCCS3)c12. The maximum atomic E-state index is 6.81. The lowest BCUT2D eigenvalue weighted by Crippen LogP contribution is -1.88. The number of rotatable bonds is 2. The van der Waals surface area contributed by atoms with Crippen LogP contribution >= 0.6 is 101 Å². The summed E-state index contributed by atoms with van der Waals surface area (Å²) in [5, 5.41) is 3.98. The van der Waals surface area contributed by atoms with Gasteiger partial charge in [0.25, 0.3) is 0 Å². The van der Waals surface area contributed by atoms with Gasteiger partial charge in [0.05, 0.1) is 17.6 Å². The zero-order valence-electron chi connectivity index (χ0n) is 13.1. The van der Waals surface area contributed by atoms with E-state index in [1.54, 1.807) is 22.7 Å². The van der Waals surface area contributed by atoms with E-state index in [9.17, 15) is 0 Å². The van der Waals surface area contributed by atoms with Crippen LogP contribution in [0.4, 0.5) is 0 Å². The van der Waals surface area contributed by atoms with E-state index in [1.165, 1.54) is 41.1 Å². The van der Waals surface area contributed by atoms with Crippen molar-refractivity contribution in [3.63, 3.8) is 0 Å². The third-order valence-electron chi connectivity index (χ3n) is 4.48. The maximum Gasteiger partial charge on any atom is 0.0897 e. The molecule has 0 nitrogen and oxygen atoms in total. The largest absolute Gasteiger partial charge is 0.126 e. The minimum absolute atomic E-state index is 0.820. The lowest BCUT2D eigenvalue weighted by atomic mass is 10.0. The van der Waals surface area contributed by atoms with Gasteiger partial charge in [-0.1, -0.05) is 35.4 Å². The number of fused-ring (bicyclic) bond motifs is 2. The molecule has 5 rings (SSSR count). The van der Waals surface area contributed by atoms with Crippen LogP contribution in [0, 0.1) is 0 Å². The minimum atomic E-state index is 0.820. The summed E-state index contributed by atoms with van der Waals surface area (Å²) in [5.41, 5.74) is 2.52. The molecule has 26 heavy (non-hydrogen) atoms. The van der Waals surface area contributed by atoms with Gasteiger partial charge in [-0.05, 0) is 44.7 Å². The molecule has 0 fully saturated rings. The molecule has 0 amide bonds. The van der Waals surface area contributed by atoms with Gasteiger partial charge in [-0.25, -0.2) is 0 Å². The Morgan fingerprint density at radius 1 is 0.731 bits per heavy atom. The molecule has 1 aromatic carbocycles. The molecular formula is C18H10Br2Cl2S4. The lowest BCUT2D eigenvalue weighted by Gasteiger charge is -2.13. The van der Waals surface area contributed by atoms with Gasteiger partial charge in [0, 0.05) is 52.6 Å². The van der Waals surface area contributed by atoms with E-state index in [1.807, 2.05) is 23.5 Å². The zero-order valence-corrected chi connectivity index (χ0v) is 21.1. The molecule has 0 spiro atoms. The van der Waals surface area contributed by atoms with Crippen LogP contribution < -0.4 is 0 Å². The van der Waals surface area contributed by atoms with Crippen LogP contribution in [0.2, 0.25) is 10.0 Å². The van der Waals surface area contributed by atoms with Gasteiger partial charge in [-0.15, -0.1) is 46.2 Å². The van der Waals surface area contributed by atoms with E-state index in [4.69, 9.17) is 23.2 Å². The van der Waals surface area contributed by atoms with Crippen molar-refractivity contribution in [2.75, 3.05) is 11.5 Å². The average molecular weight is 585 g/mol. The van der Waals surface area contributed by atoms with E-state index < -0.39 is 0 Å². The summed E-state index contributed by atoms with van der Waals surface area (Å²) in [5.74, 6) is 2.26. The molecule has 0 unspecified atom stereocenters. The molecule has 0 bridgehead atoms. The number of halogens is 4. The van der Waals surface area contributed by atoms with Crippen molar-refractivity contribution in [2.24, 2.45) is 0 Å². The number of allylic oxidation sites excluding steroid dienone is 2. The van der Waals surface area contributed by atoms with E-state index in [-0.39, 0.29) is 0 Å². The van der Waals surface area contributed by atoms with Gasteiger partial charge in [0.2, 0.25) is 0 Å². The third kappa shape index (κ3) is 2.82. The molecule has 0 aliphatic carbocycles. The first-order valence-electron chi connectivity index (χ1n) is 7.95. The molecule has 4 heterocycles. The number of thiophene rings is 2. The minimum Gasteiger partial charge on any atom is -0.126 e. The van der Waals surface area contributed by atoms with Gasteiger partial charge >= 0.3 is 0 Å². The van der Waals surface area contributed by atoms with Crippen molar-refractivity contribution in [3.8, 4) is 0 Å². The highest BCUT2D eigenvalue weighted by molar-refractivity contribution is 9.11. The Labute approximate surface area is 194 Å². The second-order valence-electron chi connectivity index (χ2n) is 5.95. The molecule has 2 aliphatic heterocycles. The fraction of sp³-hybridized carbons (Fsp3) is 0.222. The third-order valence-corrected chi connectivity index (χ3v) is 11.9. The van der Waals surface area contributed by atoms with E-state index in [2.05, 4.69) is 44.0 Å². The maximum absolute atomic E-state index is 6.81. The highest BCUT2D eigenvalue weighted by Gasteiger charge is 2.29. The van der Waals surface area contributed by atoms with Crippen molar-refractivity contribution in [3.05, 3.63) is 40.9 Å². The summed E-state index contributed by atoms with van der Waals surface area (Å²) in [7, 11) is 0. The molecule has 0 N–H and O–H groups in total. The van der Waals surface area contributed by atoms with Gasteiger partial charge in [-0.2, -0.15) is 0 Å². The highest BCUT2D eigenvalue weighted by atomic mass is 79.9. The average Bonchev–Trinajstić information content (AvgIpc) is 3.39. The fourth-order valence-corrected chi connectivity index (χ4v) is 9.73. The smallest absolute Gasteiger partial charge is 0.0897 e. The second-order valence-corrected chi connectivity index (χ2v) is 13.7. The summed E-state index contributed by atoms with van der Waals surface area (Å²) >= 11 is 28.3. The van der Waals surface area contributed by atoms with Crippen molar-refractivity contribution in [1.82, 2.24) is 0 Å². The number of hydrogen-bond acceptors (Lipinski definition) is 4. The molecule has 3 aromatic rings. The molecule has 0 saturated heterocycles. The molecular weight excluding hydrogens is 575 g/mol. The zero-order chi connectivity index (χ0) is 18.0. The van der Waals surface area contributed by atoms with E-state index >= 15 is 0 Å². The van der Waals surface area contributed by atoms with Crippen LogP contribution in [0.25, 0.3) is 30.0 Å². The summed E-state index contributed by atoms with van der Waals surface area (Å²) in [4.78, 5) is 2.66. The van der Waals surface area contributed by atoms with Crippen LogP contribution in [-0.2, 0) is 0 Å². The Balaban J connectivity index is 2.03. The van der Waals surface area contributed by atoms with Gasteiger partial charge < -0.3 is 0 Å². The summed E-state index contributed by atoms with van der Waals surface area (Å²) in [6.07, 6.45) is 6.89. The molecule has 2 aliphatic rings. The first kappa shape index (κ1) is 18.9. The Kier molecular flexibility index (Phi) is 5.28. The van der Waals surface area contributed by atoms with Gasteiger partial charge in [0.1, 0.15) is 0 Å². The Bertz CT molecular complexity index is 1050. The lowest BCUT2D eigenvalue weighted by molar-refractivity contribution is 1.28. The van der Waals surface area contributed by atoms with E-state index in [0.29, 0.717) is 0 Å². The first-order chi connectivity index (χ1) is 12.6. The molecule has 0 saturated carbocycles. The van der Waals surface area contributed by atoms with Crippen LogP contribution in [0.1, 0.15) is 24.0 Å². The normalized spacial score (nSPS) is 17.5. The predicted octanol–water partition coefficient (Wildman–Crippen LogP) is 9.90. The molecule has 0 radical (unpaired) electrons. The predicted molar refractivity (Wildman–Crippen MR) is 133 cm³/mol. The summed E-state index contributed by atoms with van der Waals surface area (Å²) < 4.78 is 4.48. The monoisotopic (exact) mass is 582 g/mol. The Morgan fingerprint density at radius 2 is 1.15 bits per heavy atom. The highest BCUT2D eigenvalue weighted by Crippen LogP contribution is 2.57. The molecule has 2 aromatic heterocycles. The fourth-order valence-electron chi connectivity index (χ4n) is 3.45. The number of thioether (sulfide) groups is 2. The first-order valence-corrected chi connectivity index (χ1v) is 13.9. The molecule has 8 heteroatoms. The number of benzene rings is 1. The molecule has 0 atom stereocenters. The van der Waals surface area contributed by atoms with Crippen LogP contribution in [0.15, 0.2) is 19.7 Å². The second kappa shape index (κ2) is 7.28. The topological polar surface area (TPSA) is 0 Å². The Morgan fingerprint density at radius 3 is 1.50 bits per heavy atom. The van der Waals surface area contributed by atoms with Crippen LogP contribution in [0.5, 0.6) is 0 Å². The van der Waals surface area contributed by atoms with Gasteiger partial charge in [-0.3, -0.25) is 0 Å². The van der Waals surface area contributed by atoms with Crippen LogP contribution in [0.3, 0.4) is 0 Å². The van der Waals surface area contributed by atoms with Crippen molar-refractivity contribution in [1.29, 1.82) is 0 Å². The van der Waals surface area contributed by atoms with Crippen LogP contribution in [-0.4, -0.2) is 11.5 Å². The molecule has 134 valence electrons. The standard InChI is InChI=1S/C18H10Br2Cl2S4/c19-17-13(21)11-9(7-3-1-5-23-7)15-12(14(22)18(20)25-15)10(16(11)26-17)8-4-2-6-24-8/h3-4H,1-2,5-6H2. The Hall–Kier alpha value is 0.860. The van der Waals surface area contributed by atoms with Crippen molar-refractivity contribution >= 4 is 131 Å².